The average Bonchev–Trinajstić information content (AvgIpc) is 3.64. The topological polar surface area (TPSA) is 107 Å². The lowest BCUT2D eigenvalue weighted by Crippen LogP contribution is -2.46. The first-order valence-corrected chi connectivity index (χ1v) is 15.1. The summed E-state index contributed by atoms with van der Waals surface area (Å²) >= 11 is 5.86. The number of nitrogen functional groups attached to an aromatic ring is 1. The van der Waals surface area contributed by atoms with Gasteiger partial charge in [0, 0.05) is 31.1 Å². The lowest BCUT2D eigenvalue weighted by atomic mass is 9.76. The van der Waals surface area contributed by atoms with Crippen molar-refractivity contribution in [2.75, 3.05) is 19.3 Å². The molecule has 1 saturated heterocycles. The van der Waals surface area contributed by atoms with Crippen molar-refractivity contribution in [2.45, 2.75) is 82.2 Å². The minimum Gasteiger partial charge on any atom is -0.383 e. The van der Waals surface area contributed by atoms with Crippen molar-refractivity contribution in [3.05, 3.63) is 47.1 Å². The van der Waals surface area contributed by atoms with Crippen LogP contribution in [-0.2, 0) is 22.1 Å². The van der Waals surface area contributed by atoms with Gasteiger partial charge in [-0.05, 0) is 70.7 Å². The summed E-state index contributed by atoms with van der Waals surface area (Å²) in [6, 6.07) is 4.85. The van der Waals surface area contributed by atoms with E-state index in [0.29, 0.717) is 47.0 Å². The normalized spacial score (nSPS) is 28.7. The number of aromatic amines is 1. The second-order valence-corrected chi connectivity index (χ2v) is 13.3. The third-order valence-corrected chi connectivity index (χ3v) is 9.83. The molecule has 13 heteroatoms. The summed E-state index contributed by atoms with van der Waals surface area (Å²) in [7, 11) is 2.18. The fourth-order valence-corrected chi connectivity index (χ4v) is 7.61. The standard InChI is InChI=1S/C30H35ClF3N7O2/c1-29(2)42-25-16(10-23(26(25)43-29)41-7-6-18-27(35)36-14-37-28(18)41)13-40(3)17-8-15(9-17)4-5-24-38-21-11-19(30(32,33)34)20(31)12-22(21)39-24/h6-7,11-12,14-17,23,25-26H,4-5,8-10,13H2,1-3H3,(H,38,39)(H2,35,36,37). The number of rotatable bonds is 7. The van der Waals surface area contributed by atoms with Gasteiger partial charge in [-0.1, -0.05) is 11.6 Å². The molecular weight excluding hydrogens is 583 g/mol. The Balaban J connectivity index is 0.969. The number of fused-ring (bicyclic) bond motifs is 3. The van der Waals surface area contributed by atoms with Crippen molar-refractivity contribution in [3.8, 4) is 0 Å². The highest BCUT2D eigenvalue weighted by atomic mass is 35.5. The van der Waals surface area contributed by atoms with Gasteiger partial charge in [0.05, 0.1) is 39.2 Å². The van der Waals surface area contributed by atoms with E-state index >= 15 is 0 Å². The first-order chi connectivity index (χ1) is 20.4. The molecule has 43 heavy (non-hydrogen) atoms. The fraction of sp³-hybridized carbons (Fsp3) is 0.567. The molecule has 0 bridgehead atoms. The molecule has 2 saturated carbocycles. The van der Waals surface area contributed by atoms with Gasteiger partial charge in [-0.3, -0.25) is 0 Å². The van der Waals surface area contributed by atoms with Gasteiger partial charge in [0.2, 0.25) is 0 Å². The van der Waals surface area contributed by atoms with Crippen molar-refractivity contribution in [3.63, 3.8) is 0 Å². The van der Waals surface area contributed by atoms with Crippen LogP contribution in [0.3, 0.4) is 0 Å². The molecule has 3 N–H and O–H groups in total. The number of benzene rings is 1. The van der Waals surface area contributed by atoms with Gasteiger partial charge in [0.1, 0.15) is 29.7 Å². The molecule has 4 unspecified atom stereocenters. The lowest BCUT2D eigenvalue weighted by Gasteiger charge is -2.42. The first-order valence-electron chi connectivity index (χ1n) is 14.7. The van der Waals surface area contributed by atoms with Crippen LogP contribution in [0.5, 0.6) is 0 Å². The van der Waals surface area contributed by atoms with Gasteiger partial charge < -0.3 is 29.7 Å². The Labute approximate surface area is 251 Å². The van der Waals surface area contributed by atoms with Gasteiger partial charge in [0.15, 0.2) is 5.79 Å². The molecule has 9 nitrogen and oxygen atoms in total. The van der Waals surface area contributed by atoms with Crippen molar-refractivity contribution >= 4 is 39.5 Å². The maximum absolute atomic E-state index is 13.2. The van der Waals surface area contributed by atoms with Gasteiger partial charge in [-0.15, -0.1) is 0 Å². The highest BCUT2D eigenvalue weighted by Gasteiger charge is 2.55. The molecule has 0 spiro atoms. The third-order valence-electron chi connectivity index (χ3n) is 9.52. The van der Waals surface area contributed by atoms with Crippen LogP contribution < -0.4 is 5.73 Å². The van der Waals surface area contributed by atoms with Crippen molar-refractivity contribution < 1.29 is 22.6 Å². The van der Waals surface area contributed by atoms with E-state index in [0.717, 1.165) is 49.3 Å². The Morgan fingerprint density at radius 1 is 1.16 bits per heavy atom. The molecule has 3 aromatic heterocycles. The fourth-order valence-electron chi connectivity index (χ4n) is 7.34. The molecule has 1 aliphatic heterocycles. The summed E-state index contributed by atoms with van der Waals surface area (Å²) < 4.78 is 54.7. The number of nitrogens with zero attached hydrogens (tertiary/aromatic N) is 5. The van der Waals surface area contributed by atoms with Crippen LogP contribution in [0.15, 0.2) is 30.7 Å². The van der Waals surface area contributed by atoms with Crippen LogP contribution in [0.25, 0.3) is 22.1 Å². The van der Waals surface area contributed by atoms with Gasteiger partial charge in [-0.25, -0.2) is 15.0 Å². The van der Waals surface area contributed by atoms with Crippen LogP contribution in [0.1, 0.15) is 57.0 Å². The molecule has 4 heterocycles. The zero-order valence-electron chi connectivity index (χ0n) is 24.2. The van der Waals surface area contributed by atoms with Crippen molar-refractivity contribution in [1.82, 2.24) is 29.4 Å². The second kappa shape index (κ2) is 10.3. The monoisotopic (exact) mass is 617 g/mol. The molecule has 230 valence electrons. The first kappa shape index (κ1) is 28.8. The zero-order valence-corrected chi connectivity index (χ0v) is 25.0. The third kappa shape index (κ3) is 5.26. The summed E-state index contributed by atoms with van der Waals surface area (Å²) in [6.45, 7) is 4.84. The van der Waals surface area contributed by atoms with Crippen LogP contribution in [0, 0.1) is 11.8 Å². The number of halogens is 4. The van der Waals surface area contributed by atoms with E-state index in [1.54, 1.807) is 0 Å². The zero-order chi connectivity index (χ0) is 30.3. The van der Waals surface area contributed by atoms with Crippen LogP contribution in [0.2, 0.25) is 5.02 Å². The molecule has 3 fully saturated rings. The Morgan fingerprint density at radius 3 is 2.70 bits per heavy atom. The van der Waals surface area contributed by atoms with E-state index in [9.17, 15) is 13.2 Å². The smallest absolute Gasteiger partial charge is 0.383 e. The summed E-state index contributed by atoms with van der Waals surface area (Å²) in [5.74, 6) is 1.34. The highest BCUT2D eigenvalue weighted by Crippen LogP contribution is 2.48. The minimum atomic E-state index is -4.50. The number of nitrogens with two attached hydrogens (primary N) is 1. The molecule has 4 aromatic rings. The van der Waals surface area contributed by atoms with Gasteiger partial charge in [0.25, 0.3) is 0 Å². The Kier molecular flexibility index (Phi) is 6.92. The summed E-state index contributed by atoms with van der Waals surface area (Å²) in [5.41, 5.74) is 6.88. The van der Waals surface area contributed by atoms with Crippen molar-refractivity contribution in [2.24, 2.45) is 11.8 Å². The molecule has 0 radical (unpaired) electrons. The van der Waals surface area contributed by atoms with Gasteiger partial charge >= 0.3 is 6.18 Å². The largest absolute Gasteiger partial charge is 0.417 e. The Bertz CT molecular complexity index is 1660. The number of hydrogen-bond donors (Lipinski definition) is 2. The summed E-state index contributed by atoms with van der Waals surface area (Å²) in [5, 5.41) is 0.511. The number of aromatic nitrogens is 5. The predicted molar refractivity (Wildman–Crippen MR) is 156 cm³/mol. The molecule has 7 rings (SSSR count). The lowest BCUT2D eigenvalue weighted by molar-refractivity contribution is -0.161. The van der Waals surface area contributed by atoms with Crippen LogP contribution in [-0.4, -0.2) is 67.0 Å². The van der Waals surface area contributed by atoms with E-state index in [4.69, 9.17) is 26.8 Å². The van der Waals surface area contributed by atoms with Crippen LogP contribution >= 0.6 is 11.6 Å². The number of alkyl halides is 3. The quantitative estimate of drug-likeness (QED) is 0.262. The number of ether oxygens (including phenoxy) is 2. The predicted octanol–water partition coefficient (Wildman–Crippen LogP) is 5.99. The maximum Gasteiger partial charge on any atom is 0.417 e. The number of anilines is 1. The summed E-state index contributed by atoms with van der Waals surface area (Å²) in [6.07, 6.45) is 3.60. The molecule has 4 atom stereocenters. The van der Waals surface area contributed by atoms with E-state index < -0.39 is 17.5 Å². The van der Waals surface area contributed by atoms with E-state index in [1.807, 2.05) is 26.1 Å². The van der Waals surface area contributed by atoms with E-state index in [2.05, 4.69) is 36.5 Å². The highest BCUT2D eigenvalue weighted by molar-refractivity contribution is 6.32. The molecule has 1 aromatic carbocycles. The second-order valence-electron chi connectivity index (χ2n) is 12.8. The number of aryl methyl sites for hydroxylation is 1. The number of hydrogen-bond acceptors (Lipinski definition) is 7. The SMILES string of the molecule is CN(CC1CC(n2ccc3c(N)ncnc32)C2OC(C)(C)OC12)C1CC(CCc2nc3cc(Cl)c(C(F)(F)F)cc3[nH]2)C1. The van der Waals surface area contributed by atoms with Gasteiger partial charge in [-0.2, -0.15) is 13.2 Å². The number of H-pyrrole nitrogens is 1. The molecular formula is C30H35ClF3N7O2. The van der Waals surface area contributed by atoms with Crippen LogP contribution in [0.4, 0.5) is 19.0 Å². The Morgan fingerprint density at radius 2 is 1.93 bits per heavy atom. The summed E-state index contributed by atoms with van der Waals surface area (Å²) in [4.78, 5) is 18.6. The minimum absolute atomic E-state index is 0.0191. The molecule has 3 aliphatic rings. The number of nitrogens with one attached hydrogen (secondary N) is 1. The van der Waals surface area contributed by atoms with Crippen molar-refractivity contribution in [1.29, 1.82) is 0 Å². The van der Waals surface area contributed by atoms with E-state index in [1.165, 1.54) is 12.4 Å². The van der Waals surface area contributed by atoms with E-state index in [-0.39, 0.29) is 23.3 Å². The average molecular weight is 618 g/mol. The Hall–Kier alpha value is -2.93. The molecule has 2 aliphatic carbocycles. The number of imidazole rings is 1. The molecule has 0 amide bonds. The maximum atomic E-state index is 13.2.